The number of nitrogens with one attached hydrogen (secondary N) is 1. The van der Waals surface area contributed by atoms with Crippen LogP contribution in [0.25, 0.3) is 0 Å². The second kappa shape index (κ2) is 7.64. The van der Waals surface area contributed by atoms with Crippen molar-refractivity contribution in [3.8, 4) is 0 Å². The fraction of sp³-hybridized carbons (Fsp3) is 0.941. The van der Waals surface area contributed by atoms with Gasteiger partial charge < -0.3 is 15.3 Å². The number of amides is 2. The van der Waals surface area contributed by atoms with E-state index in [2.05, 4.69) is 31.0 Å². The first-order chi connectivity index (χ1) is 10.5. The highest BCUT2D eigenvalue weighted by Crippen LogP contribution is 2.34. The van der Waals surface area contributed by atoms with Gasteiger partial charge in [-0.2, -0.15) is 0 Å². The van der Waals surface area contributed by atoms with E-state index in [4.69, 9.17) is 0 Å². The summed E-state index contributed by atoms with van der Waals surface area (Å²) < 4.78 is 0. The molecule has 2 amide bonds. The number of hydrogen-bond acceptors (Lipinski definition) is 3. The van der Waals surface area contributed by atoms with Gasteiger partial charge in [0.2, 0.25) is 0 Å². The maximum absolute atomic E-state index is 12.3. The highest BCUT2D eigenvalue weighted by molar-refractivity contribution is 5.74. The largest absolute Gasteiger partial charge is 0.396 e. The topological polar surface area (TPSA) is 55.8 Å². The van der Waals surface area contributed by atoms with Crippen LogP contribution in [0.1, 0.15) is 52.9 Å². The third-order valence-electron chi connectivity index (χ3n) is 5.52. The highest BCUT2D eigenvalue weighted by atomic mass is 16.3. The van der Waals surface area contributed by atoms with Gasteiger partial charge in [0.15, 0.2) is 0 Å². The first-order valence-electron chi connectivity index (χ1n) is 8.91. The smallest absolute Gasteiger partial charge is 0.317 e. The number of piperidine rings is 1. The van der Waals surface area contributed by atoms with Crippen LogP contribution in [0.2, 0.25) is 0 Å². The van der Waals surface area contributed by atoms with Gasteiger partial charge in [-0.3, -0.25) is 4.90 Å². The Balaban J connectivity index is 1.70. The average Bonchev–Trinajstić information content (AvgIpc) is 3.35. The maximum Gasteiger partial charge on any atom is 0.317 e. The molecule has 0 spiro atoms. The molecule has 22 heavy (non-hydrogen) atoms. The third-order valence-corrected chi connectivity index (χ3v) is 5.52. The van der Waals surface area contributed by atoms with Crippen molar-refractivity contribution in [3.05, 3.63) is 0 Å². The zero-order valence-corrected chi connectivity index (χ0v) is 14.5. The van der Waals surface area contributed by atoms with Crippen LogP contribution in [0.3, 0.4) is 0 Å². The number of aliphatic hydroxyl groups excluding tert-OH is 1. The minimum atomic E-state index is 0.0389. The van der Waals surface area contributed by atoms with E-state index in [0.29, 0.717) is 6.04 Å². The Bertz CT molecular complexity index is 353. The van der Waals surface area contributed by atoms with Gasteiger partial charge in [-0.1, -0.05) is 6.92 Å². The van der Waals surface area contributed by atoms with E-state index in [0.717, 1.165) is 51.5 Å². The number of urea groups is 1. The number of rotatable bonds is 7. The summed E-state index contributed by atoms with van der Waals surface area (Å²) in [6, 6.07) is 1.35. The fourth-order valence-corrected chi connectivity index (χ4v) is 3.48. The molecule has 0 atom stereocenters. The summed E-state index contributed by atoms with van der Waals surface area (Å²) in [6.07, 6.45) is 5.42. The van der Waals surface area contributed by atoms with E-state index in [1.54, 1.807) is 0 Å². The zero-order valence-electron chi connectivity index (χ0n) is 14.5. The number of carbonyl (C=O) groups excluding carboxylic acids is 1. The van der Waals surface area contributed by atoms with Gasteiger partial charge in [-0.15, -0.1) is 0 Å². The van der Waals surface area contributed by atoms with Crippen molar-refractivity contribution in [1.82, 2.24) is 15.1 Å². The predicted octanol–water partition coefficient (Wildman–Crippen LogP) is 2.05. The van der Waals surface area contributed by atoms with E-state index >= 15 is 0 Å². The van der Waals surface area contributed by atoms with Crippen LogP contribution in [-0.2, 0) is 0 Å². The van der Waals surface area contributed by atoms with Crippen molar-refractivity contribution >= 4 is 6.03 Å². The molecule has 0 aromatic carbocycles. The van der Waals surface area contributed by atoms with Crippen LogP contribution in [0.5, 0.6) is 0 Å². The van der Waals surface area contributed by atoms with Crippen molar-refractivity contribution in [3.63, 3.8) is 0 Å². The Morgan fingerprint density at radius 2 is 2.00 bits per heavy atom. The molecule has 5 nitrogen and oxygen atoms in total. The Hall–Kier alpha value is -0.810. The molecule has 1 saturated heterocycles. The molecule has 2 fully saturated rings. The van der Waals surface area contributed by atoms with E-state index in [1.807, 2.05) is 4.90 Å². The lowest BCUT2D eigenvalue weighted by Crippen LogP contribution is -2.49. The first kappa shape index (κ1) is 17.5. The third kappa shape index (κ3) is 4.35. The van der Waals surface area contributed by atoms with E-state index in [9.17, 15) is 9.90 Å². The van der Waals surface area contributed by atoms with Crippen molar-refractivity contribution in [1.29, 1.82) is 0 Å². The van der Waals surface area contributed by atoms with Crippen LogP contribution in [-0.4, -0.2) is 65.8 Å². The standard InChI is InChI=1S/C17H33N3O2/c1-4-17(13-21)7-10-19(11-8-17)16(22)18-9-12-20(14(2)3)15-5-6-15/h14-15,21H,4-13H2,1-3H3,(H,18,22). The monoisotopic (exact) mass is 311 g/mol. The Morgan fingerprint density at radius 1 is 1.36 bits per heavy atom. The van der Waals surface area contributed by atoms with Gasteiger partial charge in [0.25, 0.3) is 0 Å². The van der Waals surface area contributed by atoms with Crippen molar-refractivity contribution in [2.45, 2.75) is 65.0 Å². The molecular weight excluding hydrogens is 278 g/mol. The summed E-state index contributed by atoms with van der Waals surface area (Å²) in [5.41, 5.74) is 0.0389. The van der Waals surface area contributed by atoms with Crippen molar-refractivity contribution in [2.75, 3.05) is 32.8 Å². The summed E-state index contributed by atoms with van der Waals surface area (Å²) in [6.45, 7) is 10.0. The highest BCUT2D eigenvalue weighted by Gasteiger charge is 2.34. The summed E-state index contributed by atoms with van der Waals surface area (Å²) >= 11 is 0. The number of carbonyl (C=O) groups is 1. The Labute approximate surface area is 135 Å². The normalized spacial score (nSPS) is 21.5. The minimum Gasteiger partial charge on any atom is -0.396 e. The lowest BCUT2D eigenvalue weighted by molar-refractivity contribution is 0.0518. The Kier molecular flexibility index (Phi) is 6.09. The molecule has 2 N–H and O–H groups in total. The van der Waals surface area contributed by atoms with Crippen LogP contribution in [0, 0.1) is 5.41 Å². The first-order valence-corrected chi connectivity index (χ1v) is 8.91. The van der Waals surface area contributed by atoms with Crippen molar-refractivity contribution < 1.29 is 9.90 Å². The predicted molar refractivity (Wildman–Crippen MR) is 88.9 cm³/mol. The molecule has 0 aromatic rings. The lowest BCUT2D eigenvalue weighted by Gasteiger charge is -2.40. The van der Waals surface area contributed by atoms with Gasteiger partial charge in [0.1, 0.15) is 0 Å². The summed E-state index contributed by atoms with van der Waals surface area (Å²) in [4.78, 5) is 16.7. The Morgan fingerprint density at radius 3 is 2.45 bits per heavy atom. The molecular formula is C17H33N3O2. The summed E-state index contributed by atoms with van der Waals surface area (Å²) in [5.74, 6) is 0. The molecule has 2 rings (SSSR count). The molecule has 0 radical (unpaired) electrons. The van der Waals surface area contributed by atoms with Gasteiger partial charge in [-0.05, 0) is 51.4 Å². The fourth-order valence-electron chi connectivity index (χ4n) is 3.48. The second-order valence-corrected chi connectivity index (χ2v) is 7.29. The van der Waals surface area contributed by atoms with Crippen LogP contribution < -0.4 is 5.32 Å². The molecule has 1 saturated carbocycles. The van der Waals surface area contributed by atoms with E-state index in [1.165, 1.54) is 12.8 Å². The molecule has 1 heterocycles. The van der Waals surface area contributed by atoms with E-state index < -0.39 is 0 Å². The second-order valence-electron chi connectivity index (χ2n) is 7.29. The molecule has 2 aliphatic rings. The molecule has 128 valence electrons. The van der Waals surface area contributed by atoms with Crippen LogP contribution >= 0.6 is 0 Å². The molecule has 5 heteroatoms. The lowest BCUT2D eigenvalue weighted by atomic mass is 9.77. The van der Waals surface area contributed by atoms with Gasteiger partial charge in [-0.25, -0.2) is 4.79 Å². The van der Waals surface area contributed by atoms with Crippen LogP contribution in [0.4, 0.5) is 4.79 Å². The minimum absolute atomic E-state index is 0.0389. The van der Waals surface area contributed by atoms with Gasteiger partial charge in [0, 0.05) is 44.9 Å². The zero-order chi connectivity index (χ0) is 16.2. The molecule has 1 aliphatic carbocycles. The summed E-state index contributed by atoms with van der Waals surface area (Å²) in [5, 5.41) is 12.6. The quantitative estimate of drug-likeness (QED) is 0.756. The summed E-state index contributed by atoms with van der Waals surface area (Å²) in [7, 11) is 0. The number of aliphatic hydroxyl groups is 1. The number of likely N-dealkylation sites (tertiary alicyclic amines) is 1. The number of nitrogens with zero attached hydrogens (tertiary/aromatic N) is 2. The van der Waals surface area contributed by atoms with Crippen molar-refractivity contribution in [2.24, 2.45) is 5.41 Å². The molecule has 0 aromatic heterocycles. The van der Waals surface area contributed by atoms with Gasteiger partial charge >= 0.3 is 6.03 Å². The van der Waals surface area contributed by atoms with Crippen LogP contribution in [0.15, 0.2) is 0 Å². The van der Waals surface area contributed by atoms with Gasteiger partial charge in [0.05, 0.1) is 0 Å². The SMILES string of the molecule is CCC1(CO)CCN(C(=O)NCCN(C(C)C)C2CC2)CC1. The van der Waals surface area contributed by atoms with E-state index in [-0.39, 0.29) is 18.1 Å². The maximum atomic E-state index is 12.3. The molecule has 0 unspecified atom stereocenters. The average molecular weight is 311 g/mol. The molecule has 1 aliphatic heterocycles. The number of hydrogen-bond donors (Lipinski definition) is 2. The molecule has 0 bridgehead atoms.